The topological polar surface area (TPSA) is 69.7 Å². The van der Waals surface area contributed by atoms with E-state index >= 15 is 0 Å². The van der Waals surface area contributed by atoms with Gasteiger partial charge in [0.2, 0.25) is 0 Å². The normalized spacial score (nSPS) is 9.58. The van der Waals surface area contributed by atoms with E-state index in [4.69, 9.17) is 0 Å². The van der Waals surface area contributed by atoms with Crippen molar-refractivity contribution in [1.29, 1.82) is 0 Å². The van der Waals surface area contributed by atoms with Crippen molar-refractivity contribution in [2.75, 3.05) is 14.2 Å². The number of hydrogen-bond donors (Lipinski definition) is 0. The van der Waals surface area contributed by atoms with Crippen molar-refractivity contribution in [1.82, 2.24) is 0 Å². The van der Waals surface area contributed by atoms with Crippen molar-refractivity contribution < 1.29 is 23.9 Å². The summed E-state index contributed by atoms with van der Waals surface area (Å²) in [6.07, 6.45) is 0.622. The fraction of sp³-hybridized carbons (Fsp3) is 0.167. The molecule has 0 saturated carbocycles. The van der Waals surface area contributed by atoms with Gasteiger partial charge in [-0.3, -0.25) is 4.79 Å². The smallest absolute Gasteiger partial charge is 0.339 e. The molecule has 8 heteroatoms. The van der Waals surface area contributed by atoms with Gasteiger partial charge in [-0.2, -0.15) is 0 Å². The van der Waals surface area contributed by atoms with Gasteiger partial charge in [0.05, 0.1) is 25.3 Å². The third-order valence-corrected chi connectivity index (χ3v) is 5.12. The van der Waals surface area contributed by atoms with E-state index in [1.165, 1.54) is 14.2 Å². The highest BCUT2D eigenvalue weighted by Gasteiger charge is 2.15. The second-order valence-electron chi connectivity index (χ2n) is 4.71. The van der Waals surface area contributed by atoms with Crippen LogP contribution in [0.4, 0.5) is 0 Å². The van der Waals surface area contributed by atoms with Gasteiger partial charge in [-0.05, 0) is 49.6 Å². The number of esters is 2. The molecule has 2 rings (SSSR count). The molecule has 0 spiro atoms. The van der Waals surface area contributed by atoms with Crippen LogP contribution < -0.4 is 0 Å². The Morgan fingerprint density at radius 2 is 1.42 bits per heavy atom. The Labute approximate surface area is 176 Å². The van der Waals surface area contributed by atoms with Gasteiger partial charge in [-0.1, -0.05) is 40.2 Å². The quantitative estimate of drug-likeness (QED) is 0.298. The summed E-state index contributed by atoms with van der Waals surface area (Å²) in [5.74, 6) is -0.837. The molecule has 0 heterocycles. The summed E-state index contributed by atoms with van der Waals surface area (Å²) in [4.78, 5) is 33.1. The summed E-state index contributed by atoms with van der Waals surface area (Å²) in [5, 5.41) is 0.636. The van der Waals surface area contributed by atoms with Gasteiger partial charge < -0.3 is 9.47 Å². The van der Waals surface area contributed by atoms with Gasteiger partial charge in [0.1, 0.15) is 0 Å². The number of ether oxygens (including phenoxy) is 2. The van der Waals surface area contributed by atoms with Crippen LogP contribution in [0.3, 0.4) is 0 Å². The maximum Gasteiger partial charge on any atom is 0.339 e. The van der Waals surface area contributed by atoms with E-state index in [2.05, 4.69) is 57.3 Å². The SMILES string of the molecule is COC(=O)c1c(Br)cccc1C=O.COC(=O)c1c(Br)cccc1CBr. The first kappa shape index (κ1) is 22.5. The highest BCUT2D eigenvalue weighted by molar-refractivity contribution is 9.11. The lowest BCUT2D eigenvalue weighted by atomic mass is 10.1. The number of alkyl halides is 1. The average Bonchev–Trinajstić information content (AvgIpc) is 2.66. The van der Waals surface area contributed by atoms with Crippen LogP contribution >= 0.6 is 47.8 Å². The largest absolute Gasteiger partial charge is 0.465 e. The average molecular weight is 551 g/mol. The van der Waals surface area contributed by atoms with E-state index in [9.17, 15) is 14.4 Å². The summed E-state index contributed by atoms with van der Waals surface area (Å²) in [6.45, 7) is 0. The Balaban J connectivity index is 0.000000260. The molecule has 0 unspecified atom stereocenters. The van der Waals surface area contributed by atoms with Crippen LogP contribution in [0, 0.1) is 0 Å². The zero-order chi connectivity index (χ0) is 19.7. The summed E-state index contributed by atoms with van der Waals surface area (Å²) < 4.78 is 10.5. The number of benzene rings is 2. The minimum atomic E-state index is -0.519. The molecule has 0 bridgehead atoms. The minimum Gasteiger partial charge on any atom is -0.465 e. The predicted octanol–water partition coefficient (Wildman–Crippen LogP) is 5.18. The van der Waals surface area contributed by atoms with Crippen molar-refractivity contribution in [2.45, 2.75) is 5.33 Å². The number of halogens is 3. The predicted molar refractivity (Wildman–Crippen MR) is 109 cm³/mol. The van der Waals surface area contributed by atoms with Crippen molar-refractivity contribution in [3.8, 4) is 0 Å². The molecule has 0 fully saturated rings. The molecule has 0 aromatic heterocycles. The second-order valence-corrected chi connectivity index (χ2v) is 6.98. The molecule has 138 valence electrons. The van der Waals surface area contributed by atoms with Crippen LogP contribution in [0.25, 0.3) is 0 Å². The summed E-state index contributed by atoms with van der Waals surface area (Å²) in [6, 6.07) is 10.5. The van der Waals surface area contributed by atoms with Gasteiger partial charge in [0, 0.05) is 19.8 Å². The van der Waals surface area contributed by atoms with Gasteiger partial charge in [0.25, 0.3) is 0 Å². The highest BCUT2D eigenvalue weighted by Crippen LogP contribution is 2.23. The molecule has 0 N–H and O–H groups in total. The lowest BCUT2D eigenvalue weighted by Gasteiger charge is -2.06. The van der Waals surface area contributed by atoms with Gasteiger partial charge in [-0.25, -0.2) is 9.59 Å². The Kier molecular flexibility index (Phi) is 9.75. The van der Waals surface area contributed by atoms with Crippen LogP contribution in [0.5, 0.6) is 0 Å². The monoisotopic (exact) mass is 548 g/mol. The molecular weight excluding hydrogens is 536 g/mol. The van der Waals surface area contributed by atoms with E-state index in [1.807, 2.05) is 18.2 Å². The molecule has 0 aliphatic heterocycles. The van der Waals surface area contributed by atoms with Crippen LogP contribution in [-0.2, 0) is 14.8 Å². The zero-order valence-corrected chi connectivity index (χ0v) is 18.7. The second kappa shape index (κ2) is 11.3. The number of rotatable bonds is 4. The molecule has 0 atom stereocenters. The molecule has 0 aliphatic carbocycles. The molecular formula is C18H15Br3O5. The van der Waals surface area contributed by atoms with Crippen LogP contribution in [-0.4, -0.2) is 32.4 Å². The Bertz CT molecular complexity index is 805. The van der Waals surface area contributed by atoms with Crippen LogP contribution in [0.2, 0.25) is 0 Å². The first-order valence-corrected chi connectivity index (χ1v) is 9.85. The third-order valence-electron chi connectivity index (χ3n) is 3.20. The molecule has 0 saturated heterocycles. The molecule has 26 heavy (non-hydrogen) atoms. The zero-order valence-electron chi connectivity index (χ0n) is 13.9. The standard InChI is InChI=1S/C9H8Br2O2.C9H7BrO3/c1-13-9(12)8-6(5-10)3-2-4-7(8)11;1-13-9(12)8-6(5-11)3-2-4-7(8)10/h2-4H,5H2,1H3;2-5H,1H3. The number of methoxy groups -OCH3 is 2. The van der Waals surface area contributed by atoms with Crippen LogP contribution in [0.1, 0.15) is 36.6 Å². The van der Waals surface area contributed by atoms with Gasteiger partial charge >= 0.3 is 11.9 Å². The van der Waals surface area contributed by atoms with E-state index < -0.39 is 5.97 Å². The Morgan fingerprint density at radius 3 is 1.92 bits per heavy atom. The molecule has 0 amide bonds. The third kappa shape index (κ3) is 5.75. The first-order valence-electron chi connectivity index (χ1n) is 7.14. The molecule has 2 aromatic rings. The van der Waals surface area contributed by atoms with Crippen molar-refractivity contribution >= 4 is 66.0 Å². The Morgan fingerprint density at radius 1 is 0.923 bits per heavy atom. The Hall–Kier alpha value is -1.51. The van der Waals surface area contributed by atoms with E-state index in [0.717, 1.165) is 10.0 Å². The molecule has 5 nitrogen and oxygen atoms in total. The maximum absolute atomic E-state index is 11.3. The summed E-state index contributed by atoms with van der Waals surface area (Å²) in [7, 11) is 2.65. The lowest BCUT2D eigenvalue weighted by Crippen LogP contribution is -2.06. The van der Waals surface area contributed by atoms with Crippen molar-refractivity contribution in [3.05, 3.63) is 67.6 Å². The van der Waals surface area contributed by atoms with E-state index in [-0.39, 0.29) is 11.5 Å². The number of aldehydes is 1. The number of carbonyl (C=O) groups is 3. The van der Waals surface area contributed by atoms with E-state index in [0.29, 0.717) is 27.2 Å². The fourth-order valence-corrected chi connectivity index (χ4v) is 3.55. The highest BCUT2D eigenvalue weighted by atomic mass is 79.9. The lowest BCUT2D eigenvalue weighted by molar-refractivity contribution is 0.0589. The van der Waals surface area contributed by atoms with E-state index in [1.54, 1.807) is 18.2 Å². The number of carbonyl (C=O) groups excluding carboxylic acids is 3. The first-order chi connectivity index (χ1) is 12.4. The van der Waals surface area contributed by atoms with Gasteiger partial charge in [0.15, 0.2) is 6.29 Å². The van der Waals surface area contributed by atoms with Crippen molar-refractivity contribution in [2.24, 2.45) is 0 Å². The molecule has 0 aliphatic rings. The van der Waals surface area contributed by atoms with Crippen LogP contribution in [0.15, 0.2) is 45.3 Å². The summed E-state index contributed by atoms with van der Waals surface area (Å²) >= 11 is 9.79. The van der Waals surface area contributed by atoms with Crippen molar-refractivity contribution in [3.63, 3.8) is 0 Å². The maximum atomic E-state index is 11.3. The molecule has 2 aromatic carbocycles. The minimum absolute atomic E-state index is 0.264. The fourth-order valence-electron chi connectivity index (χ4n) is 1.97. The van der Waals surface area contributed by atoms with Gasteiger partial charge in [-0.15, -0.1) is 0 Å². The number of hydrogen-bond acceptors (Lipinski definition) is 5. The molecule has 0 radical (unpaired) electrons. The summed E-state index contributed by atoms with van der Waals surface area (Å²) in [5.41, 5.74) is 2.09.